The smallest absolute Gasteiger partial charge is 0.137 e. The highest BCUT2D eigenvalue weighted by Crippen LogP contribution is 2.19. The Morgan fingerprint density at radius 1 is 1.22 bits per heavy atom. The van der Waals surface area contributed by atoms with Crippen LogP contribution in [0.3, 0.4) is 0 Å². The number of hydrogen-bond acceptors (Lipinski definition) is 3. The number of fused-ring (bicyclic) bond motifs is 1. The summed E-state index contributed by atoms with van der Waals surface area (Å²) in [5.74, 6) is 0.888. The number of pyridine rings is 2. The minimum absolute atomic E-state index is 0.864. The number of hydrogen-bond donors (Lipinski definition) is 2. The normalized spacial score (nSPS) is 10.7. The second-order valence-corrected chi connectivity index (χ2v) is 4.19. The molecule has 0 aromatic carbocycles. The lowest BCUT2D eigenvalue weighted by Crippen LogP contribution is -1.93. The predicted molar refractivity (Wildman–Crippen MR) is 72.7 cm³/mol. The molecule has 4 nitrogen and oxygen atoms in total. The van der Waals surface area contributed by atoms with Crippen LogP contribution in [0.15, 0.2) is 42.9 Å². The quantitative estimate of drug-likeness (QED) is 0.737. The molecule has 0 atom stereocenters. The van der Waals surface area contributed by atoms with Crippen LogP contribution < -0.4 is 5.32 Å². The van der Waals surface area contributed by atoms with Gasteiger partial charge >= 0.3 is 0 Å². The molecule has 0 aliphatic heterocycles. The first-order valence-corrected chi connectivity index (χ1v) is 5.90. The topological polar surface area (TPSA) is 53.6 Å². The van der Waals surface area contributed by atoms with Crippen molar-refractivity contribution < 1.29 is 0 Å². The lowest BCUT2D eigenvalue weighted by Gasteiger charge is -2.02. The van der Waals surface area contributed by atoms with Gasteiger partial charge in [0, 0.05) is 37.4 Å². The molecule has 4 heteroatoms. The Morgan fingerprint density at radius 2 is 2.17 bits per heavy atom. The van der Waals surface area contributed by atoms with Gasteiger partial charge in [-0.05, 0) is 29.3 Å². The number of rotatable bonds is 3. The second kappa shape index (κ2) is 4.49. The van der Waals surface area contributed by atoms with Gasteiger partial charge in [-0.15, -0.1) is 0 Å². The zero-order valence-electron chi connectivity index (χ0n) is 10.1. The summed E-state index contributed by atoms with van der Waals surface area (Å²) < 4.78 is 0. The SMILES string of the molecule is CNc1ccc(Cc2c[nH]c3ncccc23)cn1. The van der Waals surface area contributed by atoms with Crippen molar-refractivity contribution in [2.45, 2.75) is 6.42 Å². The predicted octanol–water partition coefficient (Wildman–Crippen LogP) is 2.59. The minimum atomic E-state index is 0.864. The molecular weight excluding hydrogens is 224 g/mol. The van der Waals surface area contributed by atoms with Gasteiger partial charge in [0.2, 0.25) is 0 Å². The Morgan fingerprint density at radius 3 is 2.94 bits per heavy atom. The van der Waals surface area contributed by atoms with E-state index in [1.165, 1.54) is 16.5 Å². The Labute approximate surface area is 105 Å². The summed E-state index contributed by atoms with van der Waals surface area (Å²) in [7, 11) is 1.87. The maximum Gasteiger partial charge on any atom is 0.137 e. The summed E-state index contributed by atoms with van der Waals surface area (Å²) in [5, 5.41) is 4.19. The fourth-order valence-corrected chi connectivity index (χ4v) is 2.06. The maximum absolute atomic E-state index is 4.32. The van der Waals surface area contributed by atoms with Gasteiger partial charge in [0.15, 0.2) is 0 Å². The van der Waals surface area contributed by atoms with Gasteiger partial charge in [-0.25, -0.2) is 9.97 Å². The molecule has 0 saturated heterocycles. The number of aromatic nitrogens is 3. The molecule has 90 valence electrons. The van der Waals surface area contributed by atoms with Gasteiger partial charge in [0.25, 0.3) is 0 Å². The van der Waals surface area contributed by atoms with E-state index in [2.05, 4.69) is 32.4 Å². The molecule has 0 amide bonds. The number of H-pyrrole nitrogens is 1. The van der Waals surface area contributed by atoms with Gasteiger partial charge in [-0.1, -0.05) is 6.07 Å². The molecule has 0 spiro atoms. The van der Waals surface area contributed by atoms with Crippen LogP contribution in [-0.4, -0.2) is 22.0 Å². The number of nitrogens with zero attached hydrogens (tertiary/aromatic N) is 2. The molecule has 3 rings (SSSR count). The average molecular weight is 238 g/mol. The monoisotopic (exact) mass is 238 g/mol. The van der Waals surface area contributed by atoms with E-state index in [9.17, 15) is 0 Å². The van der Waals surface area contributed by atoms with Gasteiger partial charge in [-0.2, -0.15) is 0 Å². The van der Waals surface area contributed by atoms with E-state index >= 15 is 0 Å². The zero-order valence-corrected chi connectivity index (χ0v) is 10.1. The first kappa shape index (κ1) is 10.8. The third-order valence-electron chi connectivity index (χ3n) is 3.01. The Bertz CT molecular complexity index is 655. The number of anilines is 1. The molecule has 0 aliphatic carbocycles. The highest BCUT2D eigenvalue weighted by molar-refractivity contribution is 5.79. The summed E-state index contributed by atoms with van der Waals surface area (Å²) in [6.45, 7) is 0. The van der Waals surface area contributed by atoms with Gasteiger partial charge in [-0.3, -0.25) is 0 Å². The van der Waals surface area contributed by atoms with E-state index in [-0.39, 0.29) is 0 Å². The molecule has 18 heavy (non-hydrogen) atoms. The van der Waals surface area contributed by atoms with Gasteiger partial charge < -0.3 is 10.3 Å². The molecule has 0 unspecified atom stereocenters. The van der Waals surface area contributed by atoms with E-state index < -0.39 is 0 Å². The molecule has 0 bridgehead atoms. The van der Waals surface area contributed by atoms with Crippen molar-refractivity contribution in [1.29, 1.82) is 0 Å². The summed E-state index contributed by atoms with van der Waals surface area (Å²) >= 11 is 0. The van der Waals surface area contributed by atoms with Gasteiger partial charge in [0.1, 0.15) is 11.5 Å². The minimum Gasteiger partial charge on any atom is -0.373 e. The Hall–Kier alpha value is -2.36. The lowest BCUT2D eigenvalue weighted by atomic mass is 10.1. The molecule has 3 aromatic heterocycles. The van der Waals surface area contributed by atoms with Crippen molar-refractivity contribution in [2.24, 2.45) is 0 Å². The third-order valence-corrected chi connectivity index (χ3v) is 3.01. The van der Waals surface area contributed by atoms with Crippen molar-refractivity contribution in [3.8, 4) is 0 Å². The summed E-state index contributed by atoms with van der Waals surface area (Å²) in [6, 6.07) is 8.13. The average Bonchev–Trinajstić information content (AvgIpc) is 2.83. The van der Waals surface area contributed by atoms with Crippen LogP contribution in [0, 0.1) is 0 Å². The van der Waals surface area contributed by atoms with Crippen LogP contribution in [0.2, 0.25) is 0 Å². The molecular formula is C14H14N4. The molecule has 0 saturated carbocycles. The van der Waals surface area contributed by atoms with Crippen molar-refractivity contribution >= 4 is 16.9 Å². The van der Waals surface area contributed by atoms with Crippen molar-refractivity contribution in [1.82, 2.24) is 15.0 Å². The van der Waals surface area contributed by atoms with E-state index in [0.717, 1.165) is 17.9 Å². The number of aromatic amines is 1. The fraction of sp³-hybridized carbons (Fsp3) is 0.143. The highest BCUT2D eigenvalue weighted by atomic mass is 14.9. The first-order chi connectivity index (χ1) is 8.86. The van der Waals surface area contributed by atoms with Crippen LogP contribution in [0.1, 0.15) is 11.1 Å². The summed E-state index contributed by atoms with van der Waals surface area (Å²) in [4.78, 5) is 11.8. The zero-order chi connectivity index (χ0) is 12.4. The van der Waals surface area contributed by atoms with Crippen molar-refractivity contribution in [3.63, 3.8) is 0 Å². The lowest BCUT2D eigenvalue weighted by molar-refractivity contribution is 1.15. The first-order valence-electron chi connectivity index (χ1n) is 5.90. The molecule has 3 aromatic rings. The third kappa shape index (κ3) is 1.93. The van der Waals surface area contributed by atoms with Crippen LogP contribution in [0.25, 0.3) is 11.0 Å². The van der Waals surface area contributed by atoms with E-state index in [1.54, 1.807) is 6.20 Å². The molecule has 0 aliphatic rings. The van der Waals surface area contributed by atoms with Crippen LogP contribution in [0.5, 0.6) is 0 Å². The second-order valence-electron chi connectivity index (χ2n) is 4.19. The van der Waals surface area contributed by atoms with Crippen molar-refractivity contribution in [2.75, 3.05) is 12.4 Å². The highest BCUT2D eigenvalue weighted by Gasteiger charge is 2.05. The van der Waals surface area contributed by atoms with Crippen LogP contribution >= 0.6 is 0 Å². The number of nitrogens with one attached hydrogen (secondary N) is 2. The van der Waals surface area contributed by atoms with E-state index in [1.807, 2.05) is 31.6 Å². The van der Waals surface area contributed by atoms with Crippen LogP contribution in [0.4, 0.5) is 5.82 Å². The van der Waals surface area contributed by atoms with Crippen molar-refractivity contribution in [3.05, 3.63) is 54.0 Å². The molecule has 3 heterocycles. The summed E-state index contributed by atoms with van der Waals surface area (Å²) in [6.07, 6.45) is 6.58. The molecule has 0 fully saturated rings. The van der Waals surface area contributed by atoms with Gasteiger partial charge in [0.05, 0.1) is 0 Å². The molecule has 2 N–H and O–H groups in total. The maximum atomic E-state index is 4.32. The molecule has 0 radical (unpaired) electrons. The largest absolute Gasteiger partial charge is 0.373 e. The fourth-order valence-electron chi connectivity index (χ4n) is 2.06. The summed E-state index contributed by atoms with van der Waals surface area (Å²) in [5.41, 5.74) is 3.38. The Balaban J connectivity index is 1.91. The Kier molecular flexibility index (Phi) is 2.68. The van der Waals surface area contributed by atoms with E-state index in [4.69, 9.17) is 0 Å². The van der Waals surface area contributed by atoms with Crippen LogP contribution in [-0.2, 0) is 6.42 Å². The van der Waals surface area contributed by atoms with E-state index in [0.29, 0.717) is 0 Å². The standard InChI is InChI=1S/C14H14N4/c1-15-13-5-4-10(8-17-13)7-11-9-18-14-12(11)3-2-6-16-14/h2-6,8-9H,7H2,1H3,(H,15,17)(H,16,18).